The van der Waals surface area contributed by atoms with E-state index in [-0.39, 0.29) is 13.8 Å². The zero-order valence-electron chi connectivity index (χ0n) is 22.5. The van der Waals surface area contributed by atoms with E-state index in [1.165, 1.54) is 42.7 Å². The molecule has 0 saturated carbocycles. The summed E-state index contributed by atoms with van der Waals surface area (Å²) in [5.41, 5.74) is 5.12. The van der Waals surface area contributed by atoms with Gasteiger partial charge in [-0.05, 0) is 53.5 Å². The highest BCUT2D eigenvalue weighted by molar-refractivity contribution is 7.57. The molecular weight excluding hydrogens is 463 g/mol. The fourth-order valence-corrected chi connectivity index (χ4v) is 8.79. The number of imidazole rings is 1. The Labute approximate surface area is 218 Å². The monoisotopic (exact) mass is 506 g/mol. The molecule has 1 aromatic heterocycles. The van der Waals surface area contributed by atoms with Crippen LogP contribution in [0.1, 0.15) is 63.8 Å². The number of rotatable bonds is 8. The van der Waals surface area contributed by atoms with Crippen LogP contribution in [0, 0.1) is 10.8 Å². The molecule has 0 unspecified atom stereocenters. The predicted octanol–water partition coefficient (Wildman–Crippen LogP) is 6.20. The fraction of sp³-hybridized carbons (Fsp3) is 0.533. The first-order valence-corrected chi connectivity index (χ1v) is 15.3. The standard InChI is InChI=1S/C30H43N4OP/c1-29(2)12-16-36(17-13-30(3,4)21-29)23-34(15-14-31-19-27-20-32-22-33-27)28(35)26-11-7-10-24-8-5-6-9-25(24)18-26/h5-11,20,22,31H,12-19,21,23H2,1-4H3,(H,32,33). The minimum absolute atomic E-state index is 0.197. The molecule has 1 amide bonds. The number of nitrogens with one attached hydrogen (secondary N) is 2. The Morgan fingerprint density at radius 1 is 1.14 bits per heavy atom. The third kappa shape index (κ3) is 7.63. The molecule has 6 heteroatoms. The molecule has 1 fully saturated rings. The van der Waals surface area contributed by atoms with Crippen molar-refractivity contribution in [3.05, 3.63) is 71.3 Å². The maximum absolute atomic E-state index is 14.0. The molecule has 2 aliphatic rings. The second kappa shape index (κ2) is 11.9. The van der Waals surface area contributed by atoms with Crippen molar-refractivity contribution in [2.75, 3.05) is 31.7 Å². The second-order valence-corrected chi connectivity index (χ2v) is 14.5. The van der Waals surface area contributed by atoms with Crippen LogP contribution < -0.4 is 5.32 Å². The summed E-state index contributed by atoms with van der Waals surface area (Å²) in [5, 5.41) is 3.50. The number of fused-ring (bicyclic) bond motifs is 1. The van der Waals surface area contributed by atoms with Crippen LogP contribution in [0.3, 0.4) is 0 Å². The molecule has 4 rings (SSSR count). The van der Waals surface area contributed by atoms with Crippen molar-refractivity contribution in [3.63, 3.8) is 0 Å². The number of hydrogen-bond donors (Lipinski definition) is 2. The number of aromatic amines is 1. The summed E-state index contributed by atoms with van der Waals surface area (Å²) in [5.74, 6) is 0.197. The zero-order chi connectivity index (χ0) is 25.6. The summed E-state index contributed by atoms with van der Waals surface area (Å²) in [4.78, 5) is 23.4. The van der Waals surface area contributed by atoms with E-state index in [9.17, 15) is 4.79 Å². The summed E-state index contributed by atoms with van der Waals surface area (Å²) >= 11 is 0. The molecule has 0 bridgehead atoms. The number of aromatic nitrogens is 2. The molecule has 0 atom stereocenters. The van der Waals surface area contributed by atoms with Crippen molar-refractivity contribution in [3.8, 4) is 0 Å². The highest BCUT2D eigenvalue weighted by Crippen LogP contribution is 2.50. The lowest BCUT2D eigenvalue weighted by molar-refractivity contribution is -0.126. The van der Waals surface area contributed by atoms with E-state index < -0.39 is 0 Å². The largest absolute Gasteiger partial charge is 0.347 e. The summed E-state index contributed by atoms with van der Waals surface area (Å²) in [6.07, 6.45) is 17.6. The van der Waals surface area contributed by atoms with Crippen molar-refractivity contribution >= 4 is 19.9 Å². The third-order valence-corrected chi connectivity index (χ3v) is 9.99. The van der Waals surface area contributed by atoms with E-state index in [0.717, 1.165) is 37.2 Å². The van der Waals surface area contributed by atoms with Crippen LogP contribution in [0.2, 0.25) is 0 Å². The van der Waals surface area contributed by atoms with Gasteiger partial charge in [0.25, 0.3) is 0 Å². The van der Waals surface area contributed by atoms with Crippen molar-refractivity contribution in [1.82, 2.24) is 20.2 Å². The highest BCUT2D eigenvalue weighted by atomic mass is 31.1. The molecule has 2 aromatic rings. The second-order valence-electron chi connectivity index (χ2n) is 12.0. The SMILES string of the molecule is CC1(C)CCP(CN(CCNCc2cnc[nH]2)C(=O)C2=CC=Cc3ccccc3C2)CCC(C)(C)C1. The maximum Gasteiger partial charge on any atom is 0.250 e. The molecule has 1 saturated heterocycles. The normalized spacial score (nSPS) is 19.5. The first kappa shape index (κ1) is 26.8. The minimum Gasteiger partial charge on any atom is -0.347 e. The van der Waals surface area contributed by atoms with Crippen LogP contribution in [0.15, 0.2) is 54.5 Å². The van der Waals surface area contributed by atoms with Crippen LogP contribution in [0.4, 0.5) is 0 Å². The quantitative estimate of drug-likeness (QED) is 0.331. The molecule has 36 heavy (non-hydrogen) atoms. The zero-order valence-corrected chi connectivity index (χ0v) is 23.4. The van der Waals surface area contributed by atoms with Gasteiger partial charge in [0.15, 0.2) is 0 Å². The molecule has 194 valence electrons. The van der Waals surface area contributed by atoms with Crippen molar-refractivity contribution in [2.45, 2.75) is 59.9 Å². The van der Waals surface area contributed by atoms with Crippen LogP contribution in [0.25, 0.3) is 6.08 Å². The van der Waals surface area contributed by atoms with E-state index in [2.05, 4.69) is 78.2 Å². The molecule has 1 aromatic carbocycles. The molecule has 1 aliphatic carbocycles. The van der Waals surface area contributed by atoms with E-state index in [4.69, 9.17) is 0 Å². The van der Waals surface area contributed by atoms with Gasteiger partial charge in [-0.1, -0.05) is 78.1 Å². The Kier molecular flexibility index (Phi) is 8.85. The Hall–Kier alpha value is -2.23. The lowest BCUT2D eigenvalue weighted by atomic mass is 9.72. The Balaban J connectivity index is 1.47. The van der Waals surface area contributed by atoms with Gasteiger partial charge < -0.3 is 15.2 Å². The number of allylic oxidation sites excluding steroid dienone is 2. The van der Waals surface area contributed by atoms with Crippen LogP contribution in [0.5, 0.6) is 0 Å². The predicted molar refractivity (Wildman–Crippen MR) is 152 cm³/mol. The third-order valence-electron chi connectivity index (χ3n) is 7.54. The average molecular weight is 507 g/mol. The number of nitrogens with zero attached hydrogens (tertiary/aromatic N) is 2. The van der Waals surface area contributed by atoms with Gasteiger partial charge in [0.1, 0.15) is 0 Å². The van der Waals surface area contributed by atoms with Crippen LogP contribution in [-0.4, -0.2) is 52.5 Å². The number of carbonyl (C=O) groups excluding carboxylic acids is 1. The highest BCUT2D eigenvalue weighted by Gasteiger charge is 2.33. The Bertz CT molecular complexity index is 1050. The van der Waals surface area contributed by atoms with E-state index in [0.29, 0.717) is 17.3 Å². The van der Waals surface area contributed by atoms with E-state index in [1.54, 1.807) is 6.33 Å². The molecule has 1 aliphatic heterocycles. The molecule has 2 N–H and O–H groups in total. The number of benzene rings is 1. The van der Waals surface area contributed by atoms with Crippen LogP contribution >= 0.6 is 7.92 Å². The fourth-order valence-electron chi connectivity index (χ4n) is 5.68. The van der Waals surface area contributed by atoms with E-state index >= 15 is 0 Å². The topological polar surface area (TPSA) is 61.0 Å². The van der Waals surface area contributed by atoms with Crippen molar-refractivity contribution in [1.29, 1.82) is 0 Å². The number of H-pyrrole nitrogens is 1. The van der Waals surface area contributed by atoms with E-state index in [1.807, 2.05) is 18.3 Å². The summed E-state index contributed by atoms with van der Waals surface area (Å²) < 4.78 is 0. The van der Waals surface area contributed by atoms with Gasteiger partial charge in [-0.2, -0.15) is 0 Å². The molecule has 0 radical (unpaired) electrons. The van der Waals surface area contributed by atoms with Gasteiger partial charge in [0, 0.05) is 49.8 Å². The summed E-state index contributed by atoms with van der Waals surface area (Å²) in [6, 6.07) is 8.41. The van der Waals surface area contributed by atoms with Gasteiger partial charge in [0.05, 0.1) is 6.33 Å². The van der Waals surface area contributed by atoms with Gasteiger partial charge in [0.2, 0.25) is 5.91 Å². The summed E-state index contributed by atoms with van der Waals surface area (Å²) in [6.45, 7) is 11.9. The first-order valence-electron chi connectivity index (χ1n) is 13.4. The molecule has 0 spiro atoms. The molecular formula is C30H43N4OP. The Morgan fingerprint density at radius 3 is 2.61 bits per heavy atom. The maximum atomic E-state index is 14.0. The molecule has 2 heterocycles. The van der Waals surface area contributed by atoms with Gasteiger partial charge in [-0.15, -0.1) is 0 Å². The lowest BCUT2D eigenvalue weighted by Gasteiger charge is -2.40. The van der Waals surface area contributed by atoms with Gasteiger partial charge in [-0.25, -0.2) is 4.98 Å². The smallest absolute Gasteiger partial charge is 0.250 e. The van der Waals surface area contributed by atoms with Gasteiger partial charge >= 0.3 is 0 Å². The van der Waals surface area contributed by atoms with Crippen LogP contribution in [-0.2, 0) is 17.8 Å². The van der Waals surface area contributed by atoms with Gasteiger partial charge in [-0.3, -0.25) is 4.79 Å². The Morgan fingerprint density at radius 2 is 1.89 bits per heavy atom. The summed E-state index contributed by atoms with van der Waals surface area (Å²) in [7, 11) is -0.225. The number of carbonyl (C=O) groups is 1. The number of hydrogen-bond acceptors (Lipinski definition) is 3. The number of amides is 1. The minimum atomic E-state index is -0.225. The first-order chi connectivity index (χ1) is 17.2. The van der Waals surface area contributed by atoms with Crippen molar-refractivity contribution < 1.29 is 4.79 Å². The lowest BCUT2D eigenvalue weighted by Crippen LogP contribution is -2.39. The average Bonchev–Trinajstić information content (AvgIpc) is 3.25. The van der Waals surface area contributed by atoms with Crippen molar-refractivity contribution in [2.24, 2.45) is 10.8 Å². The molecule has 5 nitrogen and oxygen atoms in total.